The number of hydrogen-bond acceptors (Lipinski definition) is 2. The topological polar surface area (TPSA) is 74.8 Å². The number of quaternary nitrogens is 1. The molecule has 0 aromatic rings. The first-order chi connectivity index (χ1) is 10.5. The Morgan fingerprint density at radius 3 is 2.18 bits per heavy atom. The van der Waals surface area contributed by atoms with Crippen LogP contribution in [0.5, 0.6) is 0 Å². The molecule has 5 nitrogen and oxygen atoms in total. The highest BCUT2D eigenvalue weighted by molar-refractivity contribution is 5.94. The van der Waals surface area contributed by atoms with Crippen molar-refractivity contribution in [3.05, 3.63) is 0 Å². The van der Waals surface area contributed by atoms with Crippen molar-refractivity contribution in [1.82, 2.24) is 10.6 Å². The summed E-state index contributed by atoms with van der Waals surface area (Å²) in [5, 5.41) is 7.47. The summed E-state index contributed by atoms with van der Waals surface area (Å²) in [6.45, 7) is 4.32. The van der Waals surface area contributed by atoms with E-state index in [2.05, 4.69) is 16.0 Å². The molecule has 4 aliphatic carbocycles. The predicted octanol–water partition coefficient (Wildman–Crippen LogP) is 1.14. The highest BCUT2D eigenvalue weighted by atomic mass is 16.2. The van der Waals surface area contributed by atoms with E-state index in [9.17, 15) is 9.59 Å². The van der Waals surface area contributed by atoms with E-state index in [0.717, 1.165) is 24.2 Å². The molecule has 0 spiro atoms. The van der Waals surface area contributed by atoms with Gasteiger partial charge in [0.05, 0.1) is 5.54 Å². The van der Waals surface area contributed by atoms with Gasteiger partial charge in [-0.05, 0) is 50.4 Å². The van der Waals surface area contributed by atoms with Crippen LogP contribution in [0, 0.1) is 17.8 Å². The lowest BCUT2D eigenvalue weighted by atomic mass is 9.53. The van der Waals surface area contributed by atoms with E-state index in [1.165, 1.54) is 38.5 Å². The summed E-state index contributed by atoms with van der Waals surface area (Å²) in [6.07, 6.45) is 8.91. The molecule has 22 heavy (non-hydrogen) atoms. The summed E-state index contributed by atoms with van der Waals surface area (Å²) in [4.78, 5) is 23.7. The normalized spacial score (nSPS) is 36.9. The van der Waals surface area contributed by atoms with Gasteiger partial charge in [0.15, 0.2) is 6.54 Å². The van der Waals surface area contributed by atoms with Crippen LogP contribution in [0.25, 0.3) is 0 Å². The predicted molar refractivity (Wildman–Crippen MR) is 84.1 cm³/mol. The van der Waals surface area contributed by atoms with Gasteiger partial charge in [-0.2, -0.15) is 0 Å². The van der Waals surface area contributed by atoms with Crippen LogP contribution < -0.4 is 16.0 Å². The molecule has 0 aliphatic heterocycles. The molecule has 0 aromatic carbocycles. The largest absolute Gasteiger partial charge is 0.335 e. The molecule has 4 saturated carbocycles. The van der Waals surface area contributed by atoms with Gasteiger partial charge in [-0.1, -0.05) is 6.92 Å². The third-order valence-electron chi connectivity index (χ3n) is 6.05. The number of hydrogen-bond donors (Lipinski definition) is 3. The number of carbonyl (C=O) groups excluding carboxylic acids is 2. The summed E-state index contributed by atoms with van der Waals surface area (Å²) < 4.78 is 0. The Hall–Kier alpha value is -1.10. The van der Waals surface area contributed by atoms with Crippen molar-refractivity contribution >= 4 is 11.9 Å². The van der Waals surface area contributed by atoms with E-state index in [1.54, 1.807) is 0 Å². The number of rotatable bonds is 5. The summed E-state index contributed by atoms with van der Waals surface area (Å²) in [5.74, 6) is 2.49. The van der Waals surface area contributed by atoms with E-state index >= 15 is 0 Å². The molecule has 1 atom stereocenters. The summed E-state index contributed by atoms with van der Waals surface area (Å²) in [5.41, 5.74) is 0.291. The van der Waals surface area contributed by atoms with Gasteiger partial charge in [0.25, 0.3) is 5.91 Å². The number of urea groups is 1. The molecular formula is C17H30N3O2+. The molecule has 4 N–H and O–H groups in total. The average Bonchev–Trinajstić information content (AvgIpc) is 2.43. The number of carbonyl (C=O) groups is 2. The lowest BCUT2D eigenvalue weighted by Gasteiger charge is -2.54. The number of nitrogens with one attached hydrogen (secondary N) is 2. The lowest BCUT2D eigenvalue weighted by molar-refractivity contribution is -0.730. The Bertz CT molecular complexity index is 414. The third-order valence-corrected chi connectivity index (χ3v) is 6.05. The quantitative estimate of drug-likeness (QED) is 0.712. The molecule has 0 aromatic heterocycles. The molecule has 124 valence electrons. The van der Waals surface area contributed by atoms with Gasteiger partial charge in [0.1, 0.15) is 0 Å². The second-order valence-electron chi connectivity index (χ2n) is 8.02. The average molecular weight is 308 g/mol. The Balaban J connectivity index is 1.46. The second kappa shape index (κ2) is 6.19. The van der Waals surface area contributed by atoms with Gasteiger partial charge in [0.2, 0.25) is 0 Å². The minimum absolute atomic E-state index is 0.0972. The number of imide groups is 1. The van der Waals surface area contributed by atoms with Gasteiger partial charge in [0, 0.05) is 25.3 Å². The summed E-state index contributed by atoms with van der Waals surface area (Å²) >= 11 is 0. The fourth-order valence-electron chi connectivity index (χ4n) is 5.28. The first kappa shape index (κ1) is 15.8. The maximum Gasteiger partial charge on any atom is 0.321 e. The smallest absolute Gasteiger partial charge is 0.321 e. The van der Waals surface area contributed by atoms with E-state index in [-0.39, 0.29) is 18.0 Å². The van der Waals surface area contributed by atoms with E-state index in [4.69, 9.17) is 0 Å². The zero-order chi connectivity index (χ0) is 15.7. The van der Waals surface area contributed by atoms with Gasteiger partial charge >= 0.3 is 6.03 Å². The molecule has 5 heteroatoms. The monoisotopic (exact) mass is 308 g/mol. The molecule has 4 aliphatic rings. The fourth-order valence-corrected chi connectivity index (χ4v) is 5.28. The maximum absolute atomic E-state index is 12.0. The van der Waals surface area contributed by atoms with Crippen molar-refractivity contribution < 1.29 is 14.9 Å². The van der Waals surface area contributed by atoms with Crippen LogP contribution in [0.2, 0.25) is 0 Å². The zero-order valence-electron chi connectivity index (χ0n) is 13.9. The Kier molecular flexibility index (Phi) is 4.44. The molecule has 0 heterocycles. The minimum Gasteiger partial charge on any atom is -0.335 e. The minimum atomic E-state index is -0.363. The van der Waals surface area contributed by atoms with Crippen molar-refractivity contribution in [2.24, 2.45) is 17.8 Å². The standard InChI is InChI=1S/C17H29N3O2/c1-3-11(2)19-16(22)20-15(21)10-18-17-7-12-4-13(8-17)6-14(5-12)9-17/h11-14,18H,3-10H2,1-2H3,(H2,19,20,21,22)/p+1/t11-,12?,13?,14?,17?/m0/s1. The van der Waals surface area contributed by atoms with Gasteiger partial charge in [-0.25, -0.2) is 4.79 Å². The van der Waals surface area contributed by atoms with Crippen LogP contribution in [0.1, 0.15) is 58.8 Å². The van der Waals surface area contributed by atoms with Gasteiger partial charge < -0.3 is 10.6 Å². The van der Waals surface area contributed by atoms with Crippen LogP contribution in [0.3, 0.4) is 0 Å². The Morgan fingerprint density at radius 1 is 1.14 bits per heavy atom. The molecule has 0 radical (unpaired) electrons. The SMILES string of the molecule is CC[C@H](C)NC(=O)NC(=O)C[NH2+]C12CC3CC(CC(C3)C1)C2. The highest BCUT2D eigenvalue weighted by Gasteiger charge is 2.53. The van der Waals surface area contributed by atoms with Crippen molar-refractivity contribution in [1.29, 1.82) is 0 Å². The molecule has 4 rings (SSSR count). The molecule has 0 unspecified atom stereocenters. The van der Waals surface area contributed by atoms with Crippen molar-refractivity contribution in [2.75, 3.05) is 6.54 Å². The lowest BCUT2D eigenvalue weighted by Crippen LogP contribution is -3.00. The first-order valence-electron chi connectivity index (χ1n) is 8.93. The van der Waals surface area contributed by atoms with Crippen LogP contribution in [-0.2, 0) is 4.79 Å². The van der Waals surface area contributed by atoms with E-state index < -0.39 is 0 Å². The number of nitrogens with two attached hydrogens (primary N) is 1. The molecule has 0 saturated heterocycles. The number of amides is 3. The Morgan fingerprint density at radius 2 is 1.68 bits per heavy atom. The van der Waals surface area contributed by atoms with Crippen LogP contribution in [-0.4, -0.2) is 30.1 Å². The second-order valence-corrected chi connectivity index (χ2v) is 8.02. The van der Waals surface area contributed by atoms with Crippen LogP contribution >= 0.6 is 0 Å². The zero-order valence-corrected chi connectivity index (χ0v) is 13.9. The molecule has 4 bridgehead atoms. The first-order valence-corrected chi connectivity index (χ1v) is 8.93. The molecule has 3 amide bonds. The van der Waals surface area contributed by atoms with Crippen molar-refractivity contribution in [3.8, 4) is 0 Å². The van der Waals surface area contributed by atoms with Crippen LogP contribution in [0.4, 0.5) is 4.79 Å². The summed E-state index contributed by atoms with van der Waals surface area (Å²) in [7, 11) is 0. The fraction of sp³-hybridized carbons (Fsp3) is 0.882. The van der Waals surface area contributed by atoms with Crippen molar-refractivity contribution in [2.45, 2.75) is 70.4 Å². The van der Waals surface area contributed by atoms with Gasteiger partial charge in [-0.3, -0.25) is 10.1 Å². The van der Waals surface area contributed by atoms with Crippen LogP contribution in [0.15, 0.2) is 0 Å². The maximum atomic E-state index is 12.0. The Labute approximate surface area is 133 Å². The molecular weight excluding hydrogens is 278 g/mol. The molecule has 4 fully saturated rings. The summed E-state index contributed by atoms with van der Waals surface area (Å²) in [6, 6.07) is -0.266. The van der Waals surface area contributed by atoms with E-state index in [1.807, 2.05) is 13.8 Å². The van der Waals surface area contributed by atoms with E-state index in [0.29, 0.717) is 12.1 Å². The van der Waals surface area contributed by atoms with Gasteiger partial charge in [-0.15, -0.1) is 0 Å². The van der Waals surface area contributed by atoms with Crippen molar-refractivity contribution in [3.63, 3.8) is 0 Å². The highest BCUT2D eigenvalue weighted by Crippen LogP contribution is 2.54. The third kappa shape index (κ3) is 3.45.